The van der Waals surface area contributed by atoms with E-state index in [2.05, 4.69) is 58.4 Å². The first kappa shape index (κ1) is 14.9. The largest absolute Gasteiger partial charge is 0.482 e. The number of likely N-dealkylation sites (tertiary alicyclic amines) is 1. The lowest BCUT2D eigenvalue weighted by atomic mass is 10.1. The summed E-state index contributed by atoms with van der Waals surface area (Å²) in [5.41, 5.74) is 3.72. The molecule has 0 radical (unpaired) electrons. The van der Waals surface area contributed by atoms with Crippen molar-refractivity contribution in [1.82, 2.24) is 9.88 Å². The van der Waals surface area contributed by atoms with Gasteiger partial charge in [0.25, 0.3) is 0 Å². The number of fused-ring (bicyclic) bond motifs is 2. The number of benzene rings is 2. The van der Waals surface area contributed by atoms with Gasteiger partial charge in [-0.25, -0.2) is 0 Å². The molecule has 0 bridgehead atoms. The maximum absolute atomic E-state index is 6.64. The van der Waals surface area contributed by atoms with E-state index in [-0.39, 0.29) is 6.10 Å². The third-order valence-electron chi connectivity index (χ3n) is 5.60. The van der Waals surface area contributed by atoms with Gasteiger partial charge in [-0.05, 0) is 55.6 Å². The molecule has 1 aliphatic carbocycles. The van der Waals surface area contributed by atoms with Crippen LogP contribution in [0.15, 0.2) is 60.8 Å². The van der Waals surface area contributed by atoms with Crippen LogP contribution in [0.2, 0.25) is 0 Å². The molecule has 1 aromatic heterocycles. The fourth-order valence-electron chi connectivity index (χ4n) is 4.38. The molecule has 0 saturated carbocycles. The number of aromatic nitrogens is 1. The molecule has 0 amide bonds. The van der Waals surface area contributed by atoms with E-state index in [4.69, 9.17) is 4.74 Å². The molecule has 2 atom stereocenters. The SMILES string of the molecule is c1ccc2c(c1)CC(N1CCCC1)C2Oc1cccc2cccnc12. The van der Waals surface area contributed by atoms with Gasteiger partial charge in [0.1, 0.15) is 17.4 Å². The zero-order valence-electron chi connectivity index (χ0n) is 14.3. The van der Waals surface area contributed by atoms with Crippen molar-refractivity contribution in [3.63, 3.8) is 0 Å². The Morgan fingerprint density at radius 3 is 2.68 bits per heavy atom. The number of ether oxygens (including phenoxy) is 1. The molecular weight excluding hydrogens is 308 g/mol. The summed E-state index contributed by atoms with van der Waals surface area (Å²) < 4.78 is 6.64. The van der Waals surface area contributed by atoms with Crippen molar-refractivity contribution in [2.24, 2.45) is 0 Å². The maximum atomic E-state index is 6.64. The Hall–Kier alpha value is -2.39. The van der Waals surface area contributed by atoms with E-state index in [1.807, 2.05) is 12.3 Å². The second kappa shape index (κ2) is 6.16. The van der Waals surface area contributed by atoms with Crippen molar-refractivity contribution in [2.75, 3.05) is 13.1 Å². The van der Waals surface area contributed by atoms with E-state index in [0.29, 0.717) is 6.04 Å². The summed E-state index contributed by atoms with van der Waals surface area (Å²) in [7, 11) is 0. The molecule has 0 spiro atoms. The standard InChI is InChI=1S/C22H22N2O/c1-2-10-18-17(7-1)15-19(24-13-3-4-14-24)22(18)25-20-11-5-8-16-9-6-12-23-21(16)20/h1-2,5-12,19,22H,3-4,13-15H2. The van der Waals surface area contributed by atoms with Crippen molar-refractivity contribution in [2.45, 2.75) is 31.4 Å². The Balaban J connectivity index is 1.55. The first-order valence-corrected chi connectivity index (χ1v) is 9.22. The van der Waals surface area contributed by atoms with Gasteiger partial charge in [-0.15, -0.1) is 0 Å². The first-order valence-electron chi connectivity index (χ1n) is 9.22. The average molecular weight is 330 g/mol. The molecule has 126 valence electrons. The van der Waals surface area contributed by atoms with Crippen LogP contribution >= 0.6 is 0 Å². The van der Waals surface area contributed by atoms with E-state index in [9.17, 15) is 0 Å². The number of hydrogen-bond acceptors (Lipinski definition) is 3. The smallest absolute Gasteiger partial charge is 0.146 e. The summed E-state index contributed by atoms with van der Waals surface area (Å²) >= 11 is 0. The predicted octanol–water partition coefficient (Wildman–Crippen LogP) is 4.38. The van der Waals surface area contributed by atoms with Gasteiger partial charge in [0.2, 0.25) is 0 Å². The summed E-state index contributed by atoms with van der Waals surface area (Å²) in [5, 5.41) is 1.13. The van der Waals surface area contributed by atoms with Crippen LogP contribution in [0.1, 0.15) is 30.1 Å². The number of hydrogen-bond donors (Lipinski definition) is 0. The lowest BCUT2D eigenvalue weighted by Gasteiger charge is -2.30. The molecule has 0 N–H and O–H groups in total. The highest BCUT2D eigenvalue weighted by Crippen LogP contribution is 2.40. The fraction of sp³-hybridized carbons (Fsp3) is 0.318. The summed E-state index contributed by atoms with van der Waals surface area (Å²) in [6.07, 6.45) is 5.61. The highest BCUT2D eigenvalue weighted by molar-refractivity contribution is 5.84. The molecule has 3 aromatic rings. The van der Waals surface area contributed by atoms with Gasteiger partial charge >= 0.3 is 0 Å². The average Bonchev–Trinajstić information content (AvgIpc) is 3.30. The molecule has 1 fully saturated rings. The van der Waals surface area contributed by atoms with E-state index in [1.54, 1.807) is 0 Å². The second-order valence-corrected chi connectivity index (χ2v) is 7.08. The predicted molar refractivity (Wildman–Crippen MR) is 99.9 cm³/mol. The van der Waals surface area contributed by atoms with Gasteiger partial charge < -0.3 is 4.74 Å². The van der Waals surface area contributed by atoms with E-state index >= 15 is 0 Å². The minimum absolute atomic E-state index is 0.0851. The Morgan fingerprint density at radius 1 is 0.920 bits per heavy atom. The van der Waals surface area contributed by atoms with Crippen LogP contribution in [-0.2, 0) is 6.42 Å². The molecular formula is C22H22N2O. The van der Waals surface area contributed by atoms with Crippen molar-refractivity contribution < 1.29 is 4.74 Å². The fourth-order valence-corrected chi connectivity index (χ4v) is 4.38. The highest BCUT2D eigenvalue weighted by Gasteiger charge is 2.38. The summed E-state index contributed by atoms with van der Waals surface area (Å²) in [6.45, 7) is 2.37. The molecule has 1 saturated heterocycles. The van der Waals surface area contributed by atoms with E-state index < -0.39 is 0 Å². The summed E-state index contributed by atoms with van der Waals surface area (Å²) in [5.74, 6) is 0.893. The van der Waals surface area contributed by atoms with Gasteiger partial charge in [0.15, 0.2) is 0 Å². The van der Waals surface area contributed by atoms with Crippen LogP contribution in [0.3, 0.4) is 0 Å². The summed E-state index contributed by atoms with van der Waals surface area (Å²) in [6, 6.07) is 19.5. The minimum atomic E-state index is 0.0851. The van der Waals surface area contributed by atoms with Crippen LogP contribution in [0, 0.1) is 0 Å². The zero-order valence-corrected chi connectivity index (χ0v) is 14.3. The number of pyridine rings is 1. The van der Waals surface area contributed by atoms with E-state index in [0.717, 1.165) is 23.1 Å². The Kier molecular flexibility index (Phi) is 3.67. The molecule has 1 aliphatic heterocycles. The Labute approximate surface area is 148 Å². The van der Waals surface area contributed by atoms with Crippen LogP contribution in [0.25, 0.3) is 10.9 Å². The second-order valence-electron chi connectivity index (χ2n) is 7.08. The molecule has 2 aromatic carbocycles. The molecule has 2 heterocycles. The highest BCUT2D eigenvalue weighted by atomic mass is 16.5. The van der Waals surface area contributed by atoms with Gasteiger partial charge in [-0.2, -0.15) is 0 Å². The number of para-hydroxylation sites is 1. The zero-order chi connectivity index (χ0) is 16.6. The number of rotatable bonds is 3. The van der Waals surface area contributed by atoms with Crippen molar-refractivity contribution in [1.29, 1.82) is 0 Å². The quantitative estimate of drug-likeness (QED) is 0.713. The van der Waals surface area contributed by atoms with Crippen molar-refractivity contribution in [3.05, 3.63) is 71.9 Å². The Bertz CT molecular complexity index is 896. The van der Waals surface area contributed by atoms with Gasteiger partial charge in [0.05, 0.1) is 6.04 Å². The molecule has 2 aliphatic rings. The minimum Gasteiger partial charge on any atom is -0.482 e. The lowest BCUT2D eigenvalue weighted by Crippen LogP contribution is -2.38. The monoisotopic (exact) mass is 330 g/mol. The van der Waals surface area contributed by atoms with Crippen LogP contribution in [0.4, 0.5) is 0 Å². The molecule has 5 rings (SSSR count). The number of nitrogens with zero attached hydrogens (tertiary/aromatic N) is 2. The van der Waals surface area contributed by atoms with E-state index in [1.165, 1.54) is 37.1 Å². The molecule has 25 heavy (non-hydrogen) atoms. The third kappa shape index (κ3) is 2.59. The van der Waals surface area contributed by atoms with Gasteiger partial charge in [-0.1, -0.05) is 42.5 Å². The molecule has 2 unspecified atom stereocenters. The molecule has 3 heteroatoms. The van der Waals surface area contributed by atoms with Crippen molar-refractivity contribution >= 4 is 10.9 Å². The first-order chi connectivity index (χ1) is 12.4. The summed E-state index contributed by atoms with van der Waals surface area (Å²) in [4.78, 5) is 7.18. The maximum Gasteiger partial charge on any atom is 0.146 e. The van der Waals surface area contributed by atoms with Crippen molar-refractivity contribution in [3.8, 4) is 5.75 Å². The van der Waals surface area contributed by atoms with Gasteiger partial charge in [0, 0.05) is 11.6 Å². The normalized spacial score (nSPS) is 23.0. The molecule has 3 nitrogen and oxygen atoms in total. The Morgan fingerprint density at radius 2 is 1.76 bits per heavy atom. The lowest BCUT2D eigenvalue weighted by molar-refractivity contribution is 0.0952. The van der Waals surface area contributed by atoms with Gasteiger partial charge in [-0.3, -0.25) is 9.88 Å². The van der Waals surface area contributed by atoms with Crippen LogP contribution in [-0.4, -0.2) is 29.0 Å². The van der Waals surface area contributed by atoms with Crippen LogP contribution in [0.5, 0.6) is 5.75 Å². The third-order valence-corrected chi connectivity index (χ3v) is 5.60. The topological polar surface area (TPSA) is 25.4 Å². The van der Waals surface area contributed by atoms with Crippen LogP contribution < -0.4 is 4.74 Å².